The Labute approximate surface area is 183 Å². The second-order valence-corrected chi connectivity index (χ2v) is 8.46. The highest BCUT2D eigenvalue weighted by Crippen LogP contribution is 2.42. The molecule has 0 fully saturated rings. The van der Waals surface area contributed by atoms with Crippen LogP contribution in [0.3, 0.4) is 0 Å². The first-order valence-electron chi connectivity index (χ1n) is 9.92. The summed E-state index contributed by atoms with van der Waals surface area (Å²) in [6.07, 6.45) is -0.553. The number of nitrogens with one attached hydrogen (secondary N) is 1. The first-order chi connectivity index (χ1) is 15.0. The van der Waals surface area contributed by atoms with Gasteiger partial charge in [-0.15, -0.1) is 11.3 Å². The second kappa shape index (κ2) is 8.99. The van der Waals surface area contributed by atoms with Gasteiger partial charge in [0.05, 0.1) is 11.4 Å². The van der Waals surface area contributed by atoms with Gasteiger partial charge in [-0.05, 0) is 36.8 Å². The number of Topliss-reactive ketones (excluding diaryl/α,β-unsaturated/α-hetero) is 1. The van der Waals surface area contributed by atoms with Gasteiger partial charge in [-0.3, -0.25) is 9.59 Å². The maximum Gasteiger partial charge on any atom is 0.253 e. The zero-order valence-electron chi connectivity index (χ0n) is 17.2. The van der Waals surface area contributed by atoms with Gasteiger partial charge in [-0.25, -0.2) is 4.39 Å². The minimum Gasteiger partial charge on any atom is -0.487 e. The lowest BCUT2D eigenvalue weighted by Crippen LogP contribution is -2.37. The Balaban J connectivity index is 1.47. The van der Waals surface area contributed by atoms with Gasteiger partial charge in [-0.1, -0.05) is 30.3 Å². The van der Waals surface area contributed by atoms with Crippen molar-refractivity contribution in [2.24, 2.45) is 0 Å². The van der Waals surface area contributed by atoms with E-state index in [2.05, 4.69) is 5.32 Å². The number of hydrogen-bond acceptors (Lipinski definition) is 5. The van der Waals surface area contributed by atoms with Crippen LogP contribution in [-0.2, 0) is 16.0 Å². The molecule has 3 aromatic rings. The Hall–Kier alpha value is -3.03. The Kier molecular flexibility index (Phi) is 6.15. The molecular weight excluding hydrogens is 417 g/mol. The molecule has 31 heavy (non-hydrogen) atoms. The molecule has 2 unspecified atom stereocenters. The number of rotatable bonds is 7. The van der Waals surface area contributed by atoms with Crippen molar-refractivity contribution in [1.82, 2.24) is 5.32 Å². The molecule has 0 aliphatic carbocycles. The molecule has 5 nitrogen and oxygen atoms in total. The number of benzene rings is 2. The number of carbonyl (C=O) groups excluding carboxylic acids is 2. The van der Waals surface area contributed by atoms with Crippen molar-refractivity contribution in [3.05, 3.63) is 76.4 Å². The lowest BCUT2D eigenvalue weighted by molar-refractivity contribution is -0.131. The first kappa shape index (κ1) is 21.2. The van der Waals surface area contributed by atoms with Crippen LogP contribution in [0.5, 0.6) is 5.75 Å². The maximum absolute atomic E-state index is 14.2. The fraction of sp³-hybridized carbons (Fsp3) is 0.250. The topological polar surface area (TPSA) is 64.6 Å². The molecule has 0 radical (unpaired) electrons. The van der Waals surface area contributed by atoms with E-state index in [0.29, 0.717) is 22.6 Å². The van der Waals surface area contributed by atoms with Crippen LogP contribution >= 0.6 is 11.3 Å². The van der Waals surface area contributed by atoms with E-state index in [-0.39, 0.29) is 30.2 Å². The second-order valence-electron chi connectivity index (χ2n) is 7.38. The average Bonchev–Trinajstić information content (AvgIpc) is 3.40. The van der Waals surface area contributed by atoms with Crippen LogP contribution in [0.4, 0.5) is 4.39 Å². The highest BCUT2D eigenvalue weighted by Gasteiger charge is 2.29. The van der Waals surface area contributed by atoms with Gasteiger partial charge < -0.3 is 14.8 Å². The molecule has 160 valence electrons. The van der Waals surface area contributed by atoms with Crippen LogP contribution < -0.4 is 10.1 Å². The number of halogens is 1. The smallest absolute Gasteiger partial charge is 0.253 e. The molecule has 1 aliphatic rings. The number of amides is 1. The number of thiophene rings is 1. The molecule has 2 atom stereocenters. The lowest BCUT2D eigenvalue weighted by atomic mass is 10.0. The summed E-state index contributed by atoms with van der Waals surface area (Å²) in [4.78, 5) is 25.6. The van der Waals surface area contributed by atoms with Gasteiger partial charge in [0, 0.05) is 29.5 Å². The predicted octanol–water partition coefficient (Wildman–Crippen LogP) is 4.56. The largest absolute Gasteiger partial charge is 0.487 e. The van der Waals surface area contributed by atoms with Gasteiger partial charge in [0.25, 0.3) is 5.91 Å². The van der Waals surface area contributed by atoms with E-state index in [1.807, 2.05) is 30.3 Å². The molecule has 1 aliphatic heterocycles. The summed E-state index contributed by atoms with van der Waals surface area (Å²) >= 11 is 1.31. The van der Waals surface area contributed by atoms with Crippen LogP contribution in [0.15, 0.2) is 54.6 Å². The highest BCUT2D eigenvalue weighted by atomic mass is 32.1. The van der Waals surface area contributed by atoms with E-state index in [4.69, 9.17) is 9.47 Å². The molecule has 0 saturated carbocycles. The summed E-state index contributed by atoms with van der Waals surface area (Å²) in [7, 11) is 1.49. The van der Waals surface area contributed by atoms with Crippen molar-refractivity contribution < 1.29 is 23.5 Å². The molecule has 2 aromatic carbocycles. The van der Waals surface area contributed by atoms with Gasteiger partial charge in [0.2, 0.25) is 0 Å². The molecule has 1 aromatic heterocycles. The van der Waals surface area contributed by atoms with Gasteiger partial charge in [0.15, 0.2) is 11.9 Å². The number of hydrogen-bond donors (Lipinski definition) is 1. The minimum atomic E-state index is -0.714. The quantitative estimate of drug-likeness (QED) is 0.548. The number of carbonyl (C=O) groups is 2. The summed E-state index contributed by atoms with van der Waals surface area (Å²) in [5.74, 6) is -0.0479. The number of ketones is 1. The minimum absolute atomic E-state index is 0.0306. The van der Waals surface area contributed by atoms with Crippen molar-refractivity contribution in [2.75, 3.05) is 13.7 Å². The zero-order valence-corrected chi connectivity index (χ0v) is 18.0. The fourth-order valence-electron chi connectivity index (χ4n) is 3.69. The lowest BCUT2D eigenvalue weighted by Gasteiger charge is -2.18. The Morgan fingerprint density at radius 1 is 1.23 bits per heavy atom. The Morgan fingerprint density at radius 2 is 2.00 bits per heavy atom. The molecule has 0 bridgehead atoms. The van der Waals surface area contributed by atoms with Crippen LogP contribution in [0.1, 0.15) is 33.8 Å². The van der Waals surface area contributed by atoms with Gasteiger partial charge in [0.1, 0.15) is 17.7 Å². The Bertz CT molecular complexity index is 1110. The van der Waals surface area contributed by atoms with Crippen molar-refractivity contribution in [3.63, 3.8) is 0 Å². The van der Waals surface area contributed by atoms with Gasteiger partial charge in [-0.2, -0.15) is 0 Å². The highest BCUT2D eigenvalue weighted by molar-refractivity contribution is 7.17. The third-order valence-corrected chi connectivity index (χ3v) is 6.38. The van der Waals surface area contributed by atoms with Crippen LogP contribution in [-0.4, -0.2) is 31.4 Å². The van der Waals surface area contributed by atoms with Gasteiger partial charge >= 0.3 is 0 Å². The van der Waals surface area contributed by atoms with Crippen molar-refractivity contribution in [2.45, 2.75) is 25.6 Å². The number of methoxy groups -OCH3 is 1. The number of ether oxygens (including phenoxy) is 2. The average molecular weight is 440 g/mol. The fourth-order valence-corrected chi connectivity index (χ4v) is 4.61. The van der Waals surface area contributed by atoms with E-state index in [1.165, 1.54) is 37.5 Å². The summed E-state index contributed by atoms with van der Waals surface area (Å²) in [5, 5.41) is 2.88. The Morgan fingerprint density at radius 3 is 2.68 bits per heavy atom. The van der Waals surface area contributed by atoms with Crippen LogP contribution in [0.2, 0.25) is 0 Å². The van der Waals surface area contributed by atoms with E-state index in [0.717, 1.165) is 16.0 Å². The molecule has 1 N–H and O–H groups in total. The molecule has 0 saturated heterocycles. The van der Waals surface area contributed by atoms with Crippen LogP contribution in [0, 0.1) is 5.82 Å². The monoisotopic (exact) mass is 439 g/mol. The SMILES string of the molecule is COC(C(=O)NCC1Cc2cc(F)cc(-c3ccc(C(C)=O)s3)c2O1)c1ccccc1. The van der Waals surface area contributed by atoms with Crippen molar-refractivity contribution >= 4 is 23.0 Å². The molecule has 1 amide bonds. The summed E-state index contributed by atoms with van der Waals surface area (Å²) in [6, 6.07) is 15.7. The molecule has 7 heteroatoms. The van der Waals surface area contributed by atoms with E-state index in [1.54, 1.807) is 12.1 Å². The summed E-state index contributed by atoms with van der Waals surface area (Å²) in [5.41, 5.74) is 2.14. The van der Waals surface area contributed by atoms with Crippen molar-refractivity contribution in [3.8, 4) is 16.2 Å². The molecular formula is C24H22FNO4S. The van der Waals surface area contributed by atoms with Crippen molar-refractivity contribution in [1.29, 1.82) is 0 Å². The van der Waals surface area contributed by atoms with E-state index < -0.39 is 6.10 Å². The molecule has 2 heterocycles. The van der Waals surface area contributed by atoms with E-state index in [9.17, 15) is 14.0 Å². The maximum atomic E-state index is 14.2. The standard InChI is InChI=1S/C24H22FNO4S/c1-14(27)20-8-9-21(31-20)19-12-17(25)10-16-11-18(30-22(16)19)13-26-24(28)23(29-2)15-6-4-3-5-7-15/h3-10,12,18,23H,11,13H2,1-2H3,(H,26,28). The first-order valence-corrected chi connectivity index (χ1v) is 10.7. The van der Waals surface area contributed by atoms with Crippen LogP contribution in [0.25, 0.3) is 10.4 Å². The normalized spacial score (nSPS) is 15.8. The molecule has 4 rings (SSSR count). The zero-order chi connectivity index (χ0) is 22.0. The summed E-state index contributed by atoms with van der Waals surface area (Å²) < 4.78 is 25.7. The number of fused-ring (bicyclic) bond motifs is 1. The predicted molar refractivity (Wildman–Crippen MR) is 117 cm³/mol. The molecule has 0 spiro atoms. The van der Waals surface area contributed by atoms with E-state index >= 15 is 0 Å². The third-order valence-electron chi connectivity index (χ3n) is 5.16. The summed E-state index contributed by atoms with van der Waals surface area (Å²) in [6.45, 7) is 1.77. The third kappa shape index (κ3) is 4.52.